The molecule has 0 spiro atoms. The van der Waals surface area contributed by atoms with Gasteiger partial charge in [0.05, 0.1) is 0 Å². The van der Waals surface area contributed by atoms with E-state index in [0.717, 1.165) is 31.1 Å². The summed E-state index contributed by atoms with van der Waals surface area (Å²) in [5.41, 5.74) is 0. The van der Waals surface area contributed by atoms with E-state index in [0.29, 0.717) is 0 Å². The van der Waals surface area contributed by atoms with Crippen LogP contribution >= 0.6 is 0 Å². The van der Waals surface area contributed by atoms with Gasteiger partial charge < -0.3 is 5.11 Å². The number of rotatable bonds is 0. The molecule has 0 radical (unpaired) electrons. The van der Waals surface area contributed by atoms with Crippen molar-refractivity contribution < 1.29 is 10.3 Å². The minimum Gasteiger partial charge on any atom is -0.374 e. The molecule has 0 aliphatic carbocycles. The highest BCUT2D eigenvalue weighted by Crippen LogP contribution is 2.29. The quantitative estimate of drug-likeness (QED) is 0.487. The molecule has 2 bridgehead atoms. The molecule has 10 heavy (non-hydrogen) atoms. The molecule has 3 aliphatic heterocycles. The van der Waals surface area contributed by atoms with Crippen molar-refractivity contribution in [2.75, 3.05) is 13.1 Å². The lowest BCUT2D eigenvalue weighted by atomic mass is 9.93. The summed E-state index contributed by atoms with van der Waals surface area (Å²) in [6, 6.07) is 0. The lowest BCUT2D eigenvalue weighted by Crippen LogP contribution is -2.59. The summed E-state index contributed by atoms with van der Waals surface area (Å²) >= 11 is 0. The van der Waals surface area contributed by atoms with E-state index < -0.39 is 6.23 Å². The van der Waals surface area contributed by atoms with Crippen molar-refractivity contribution in [3.05, 3.63) is 0 Å². The summed E-state index contributed by atoms with van der Waals surface area (Å²) in [6.45, 7) is 1.77. The third-order valence-electron chi connectivity index (χ3n) is 2.46. The number of aliphatic hydroxyl groups excluding tert-OH is 1. The van der Waals surface area contributed by atoms with E-state index in [1.54, 1.807) is 5.01 Å². The van der Waals surface area contributed by atoms with Gasteiger partial charge in [0.15, 0.2) is 0 Å². The lowest BCUT2D eigenvalue weighted by molar-refractivity contribution is -0.364. The van der Waals surface area contributed by atoms with Crippen molar-refractivity contribution in [2.45, 2.75) is 19.1 Å². The first-order valence-corrected chi connectivity index (χ1v) is 3.70. The maximum atomic E-state index is 9.30. The molecule has 0 aromatic carbocycles. The Morgan fingerprint density at radius 1 is 1.20 bits per heavy atom. The molecule has 1 atom stereocenters. The van der Waals surface area contributed by atoms with Gasteiger partial charge in [-0.15, -0.1) is 0 Å². The van der Waals surface area contributed by atoms with Gasteiger partial charge in [-0.1, -0.05) is 5.17 Å². The van der Waals surface area contributed by atoms with Gasteiger partial charge in [-0.25, -0.2) is 5.01 Å². The monoisotopic (exact) mass is 144 g/mol. The SMILES string of the molecule is OC1C2CCN(CC2)N1O. The van der Waals surface area contributed by atoms with E-state index in [1.165, 1.54) is 0 Å². The maximum absolute atomic E-state index is 9.30. The summed E-state index contributed by atoms with van der Waals surface area (Å²) in [6.07, 6.45) is 1.37. The molecule has 0 aromatic rings. The van der Waals surface area contributed by atoms with Crippen molar-refractivity contribution in [1.29, 1.82) is 0 Å². The molecule has 3 rings (SSSR count). The first-order valence-electron chi connectivity index (χ1n) is 3.70. The van der Waals surface area contributed by atoms with Crippen LogP contribution < -0.4 is 0 Å². The molecular formula is C6H12N2O2. The highest BCUT2D eigenvalue weighted by molar-refractivity contribution is 4.79. The Kier molecular flexibility index (Phi) is 1.42. The maximum Gasteiger partial charge on any atom is 0.148 e. The predicted molar refractivity (Wildman–Crippen MR) is 33.9 cm³/mol. The van der Waals surface area contributed by atoms with Crippen molar-refractivity contribution in [3.8, 4) is 0 Å². The van der Waals surface area contributed by atoms with Crippen LogP contribution in [-0.4, -0.2) is 39.8 Å². The normalized spacial score (nSPS) is 48.0. The Balaban J connectivity index is 2.13. The second kappa shape index (κ2) is 2.17. The average Bonchev–Trinajstić information content (AvgIpc) is 2.00. The van der Waals surface area contributed by atoms with Crippen LogP contribution in [0.25, 0.3) is 0 Å². The Hall–Kier alpha value is -0.160. The largest absolute Gasteiger partial charge is 0.374 e. The molecule has 2 N–H and O–H groups in total. The van der Waals surface area contributed by atoms with Crippen molar-refractivity contribution in [1.82, 2.24) is 10.2 Å². The predicted octanol–water partition coefficient (Wildman–Crippen LogP) is -0.363. The summed E-state index contributed by atoms with van der Waals surface area (Å²) in [4.78, 5) is 0. The molecule has 3 fully saturated rings. The Morgan fingerprint density at radius 2 is 1.80 bits per heavy atom. The van der Waals surface area contributed by atoms with E-state index >= 15 is 0 Å². The lowest BCUT2D eigenvalue weighted by Gasteiger charge is -2.47. The number of hydrogen-bond donors (Lipinski definition) is 2. The number of hydrazine groups is 1. The topological polar surface area (TPSA) is 46.9 Å². The van der Waals surface area contributed by atoms with Crippen molar-refractivity contribution in [3.63, 3.8) is 0 Å². The van der Waals surface area contributed by atoms with Crippen LogP contribution in [0.2, 0.25) is 0 Å². The van der Waals surface area contributed by atoms with Gasteiger partial charge in [0.1, 0.15) is 6.23 Å². The molecule has 4 nitrogen and oxygen atoms in total. The second-order valence-electron chi connectivity index (χ2n) is 3.03. The molecule has 1 unspecified atom stereocenters. The molecule has 3 aliphatic rings. The third kappa shape index (κ3) is 0.769. The van der Waals surface area contributed by atoms with Gasteiger partial charge in [-0.3, -0.25) is 5.21 Å². The first-order chi connectivity index (χ1) is 4.79. The summed E-state index contributed by atoms with van der Waals surface area (Å²) in [5, 5.41) is 21.2. The van der Waals surface area contributed by atoms with Gasteiger partial charge in [0, 0.05) is 19.0 Å². The van der Waals surface area contributed by atoms with Crippen LogP contribution in [0.4, 0.5) is 0 Å². The number of nitrogens with zero attached hydrogens (tertiary/aromatic N) is 2. The van der Waals surface area contributed by atoms with Gasteiger partial charge in [0.25, 0.3) is 0 Å². The van der Waals surface area contributed by atoms with Crippen LogP contribution in [0, 0.1) is 5.92 Å². The zero-order chi connectivity index (χ0) is 7.14. The first kappa shape index (κ1) is 6.54. The minimum atomic E-state index is -0.650. The highest BCUT2D eigenvalue weighted by Gasteiger charge is 2.38. The molecule has 58 valence electrons. The van der Waals surface area contributed by atoms with Crippen molar-refractivity contribution >= 4 is 0 Å². The standard InChI is InChI=1S/C6H12N2O2/c9-6-5-1-3-7(4-2-5)8(6)10/h5-6,9-10H,1-4H2. The van der Waals surface area contributed by atoms with Gasteiger partial charge in [0.2, 0.25) is 0 Å². The van der Waals surface area contributed by atoms with Crippen LogP contribution in [0.5, 0.6) is 0 Å². The Labute approximate surface area is 59.6 Å². The van der Waals surface area contributed by atoms with Gasteiger partial charge in [-0.05, 0) is 12.8 Å². The Bertz CT molecular complexity index is 114. The molecule has 4 heteroatoms. The van der Waals surface area contributed by atoms with Gasteiger partial charge in [-0.2, -0.15) is 0 Å². The number of fused-ring (bicyclic) bond motifs is 3. The summed E-state index contributed by atoms with van der Waals surface area (Å²) < 4.78 is 0. The zero-order valence-corrected chi connectivity index (χ0v) is 5.77. The fraction of sp³-hybridized carbons (Fsp3) is 1.00. The highest BCUT2D eigenvalue weighted by atomic mass is 16.6. The van der Waals surface area contributed by atoms with Gasteiger partial charge >= 0.3 is 0 Å². The van der Waals surface area contributed by atoms with E-state index in [9.17, 15) is 10.3 Å². The summed E-state index contributed by atoms with van der Waals surface area (Å²) in [5.74, 6) is 0.287. The molecule has 0 saturated carbocycles. The smallest absolute Gasteiger partial charge is 0.148 e. The van der Waals surface area contributed by atoms with Crippen LogP contribution in [0.1, 0.15) is 12.8 Å². The number of piperidine rings is 1. The number of hydroxylamine groups is 1. The van der Waals surface area contributed by atoms with Crippen molar-refractivity contribution in [2.24, 2.45) is 5.92 Å². The average molecular weight is 144 g/mol. The minimum absolute atomic E-state index is 0.287. The van der Waals surface area contributed by atoms with E-state index in [4.69, 9.17) is 0 Å². The Morgan fingerprint density at radius 3 is 2.10 bits per heavy atom. The van der Waals surface area contributed by atoms with Crippen LogP contribution in [-0.2, 0) is 0 Å². The zero-order valence-electron chi connectivity index (χ0n) is 5.77. The van der Waals surface area contributed by atoms with Crippen LogP contribution in [0.15, 0.2) is 0 Å². The number of aliphatic hydroxyl groups is 1. The number of hydrogen-bond acceptors (Lipinski definition) is 4. The van der Waals surface area contributed by atoms with E-state index in [1.807, 2.05) is 0 Å². The molecule has 3 saturated heterocycles. The van der Waals surface area contributed by atoms with Crippen LogP contribution in [0.3, 0.4) is 0 Å². The fourth-order valence-corrected chi connectivity index (χ4v) is 1.74. The summed E-state index contributed by atoms with van der Waals surface area (Å²) in [7, 11) is 0. The molecule has 0 amide bonds. The second-order valence-corrected chi connectivity index (χ2v) is 3.03. The fourth-order valence-electron chi connectivity index (χ4n) is 1.74. The third-order valence-corrected chi connectivity index (χ3v) is 2.46. The molecular weight excluding hydrogens is 132 g/mol. The molecule has 0 aromatic heterocycles. The van der Waals surface area contributed by atoms with E-state index in [2.05, 4.69) is 0 Å². The molecule has 3 heterocycles. The van der Waals surface area contributed by atoms with E-state index in [-0.39, 0.29) is 5.92 Å².